The first-order valence-electron chi connectivity index (χ1n) is 8.50. The number of aromatic nitrogens is 2. The number of nitrogens with zero attached hydrogens (tertiary/aromatic N) is 3. The van der Waals surface area contributed by atoms with Crippen LogP contribution in [0.5, 0.6) is 0 Å². The van der Waals surface area contributed by atoms with Crippen LogP contribution in [0, 0.1) is 6.92 Å². The standard InChI is InChI=1S/C20H21N3O/c1-15-5-4-6-16(11-15)17-12-19-18(21-13-17)7-10-23(19)14-20(24)22-8-2-3-9-22/h4-7,10-13H,2-3,8-9,14H2,1H3. The average Bonchev–Trinajstić information content (AvgIpc) is 3.25. The van der Waals surface area contributed by atoms with Gasteiger partial charge >= 0.3 is 0 Å². The van der Waals surface area contributed by atoms with Crippen LogP contribution in [0.4, 0.5) is 0 Å². The Bertz CT molecular complexity index is 891. The molecule has 3 heterocycles. The van der Waals surface area contributed by atoms with E-state index in [0.29, 0.717) is 6.54 Å². The largest absolute Gasteiger partial charge is 0.341 e. The van der Waals surface area contributed by atoms with Crippen molar-refractivity contribution in [3.05, 3.63) is 54.4 Å². The first-order valence-corrected chi connectivity index (χ1v) is 8.50. The van der Waals surface area contributed by atoms with Crippen LogP contribution >= 0.6 is 0 Å². The number of benzene rings is 1. The maximum atomic E-state index is 12.4. The summed E-state index contributed by atoms with van der Waals surface area (Å²) in [6.45, 7) is 4.27. The van der Waals surface area contributed by atoms with Crippen molar-refractivity contribution in [3.63, 3.8) is 0 Å². The molecule has 1 fully saturated rings. The molecule has 0 aliphatic carbocycles. The van der Waals surface area contributed by atoms with Crippen molar-refractivity contribution >= 4 is 16.9 Å². The van der Waals surface area contributed by atoms with E-state index in [1.807, 2.05) is 27.9 Å². The summed E-state index contributed by atoms with van der Waals surface area (Å²) < 4.78 is 2.02. The van der Waals surface area contributed by atoms with Crippen molar-refractivity contribution in [3.8, 4) is 11.1 Å². The molecule has 3 aromatic rings. The zero-order chi connectivity index (χ0) is 16.5. The maximum absolute atomic E-state index is 12.4. The molecule has 1 saturated heterocycles. The van der Waals surface area contributed by atoms with Crippen molar-refractivity contribution in [1.82, 2.24) is 14.5 Å². The van der Waals surface area contributed by atoms with E-state index >= 15 is 0 Å². The molecule has 1 amide bonds. The second-order valence-corrected chi connectivity index (χ2v) is 6.53. The van der Waals surface area contributed by atoms with Crippen molar-refractivity contribution in [2.45, 2.75) is 26.3 Å². The normalized spacial score (nSPS) is 14.5. The first-order chi connectivity index (χ1) is 11.7. The van der Waals surface area contributed by atoms with Gasteiger partial charge in [-0.05, 0) is 37.5 Å². The Morgan fingerprint density at radius 3 is 2.75 bits per heavy atom. The van der Waals surface area contributed by atoms with Crippen LogP contribution in [0.25, 0.3) is 22.2 Å². The van der Waals surface area contributed by atoms with Crippen LogP contribution in [0.15, 0.2) is 48.8 Å². The number of likely N-dealkylation sites (tertiary alicyclic amines) is 1. The second-order valence-electron chi connectivity index (χ2n) is 6.53. The lowest BCUT2D eigenvalue weighted by Crippen LogP contribution is -2.30. The number of hydrogen-bond acceptors (Lipinski definition) is 2. The first kappa shape index (κ1) is 14.9. The number of fused-ring (bicyclic) bond motifs is 1. The number of carbonyl (C=O) groups excluding carboxylic acids is 1. The Morgan fingerprint density at radius 1 is 1.12 bits per heavy atom. The summed E-state index contributed by atoms with van der Waals surface area (Å²) >= 11 is 0. The van der Waals surface area contributed by atoms with Crippen LogP contribution in [-0.4, -0.2) is 33.4 Å². The Hall–Kier alpha value is -2.62. The average molecular weight is 319 g/mol. The summed E-state index contributed by atoms with van der Waals surface area (Å²) in [7, 11) is 0. The van der Waals surface area contributed by atoms with Gasteiger partial charge in [-0.1, -0.05) is 29.8 Å². The molecule has 0 saturated carbocycles. The lowest BCUT2D eigenvalue weighted by atomic mass is 10.1. The van der Waals surface area contributed by atoms with Gasteiger partial charge in [-0.15, -0.1) is 0 Å². The number of hydrogen-bond donors (Lipinski definition) is 0. The molecule has 122 valence electrons. The van der Waals surface area contributed by atoms with Gasteiger partial charge in [0, 0.05) is 31.0 Å². The van der Waals surface area contributed by atoms with Crippen molar-refractivity contribution < 1.29 is 4.79 Å². The molecule has 0 spiro atoms. The van der Waals surface area contributed by atoms with E-state index in [9.17, 15) is 4.79 Å². The Balaban J connectivity index is 1.67. The minimum absolute atomic E-state index is 0.200. The minimum atomic E-state index is 0.200. The maximum Gasteiger partial charge on any atom is 0.242 e. The van der Waals surface area contributed by atoms with E-state index in [0.717, 1.165) is 48.1 Å². The zero-order valence-electron chi connectivity index (χ0n) is 13.9. The number of carbonyl (C=O) groups is 1. The molecule has 0 unspecified atom stereocenters. The third kappa shape index (κ3) is 2.80. The number of amides is 1. The summed E-state index contributed by atoms with van der Waals surface area (Å²) in [6, 6.07) is 12.5. The molecule has 0 atom stereocenters. The van der Waals surface area contributed by atoms with E-state index in [2.05, 4.69) is 42.2 Å². The summed E-state index contributed by atoms with van der Waals surface area (Å²) in [5.41, 5.74) is 5.41. The molecule has 2 aromatic heterocycles. The molecular formula is C20H21N3O. The quantitative estimate of drug-likeness (QED) is 0.739. The summed E-state index contributed by atoms with van der Waals surface area (Å²) in [5.74, 6) is 0.200. The van der Waals surface area contributed by atoms with Gasteiger partial charge in [0.25, 0.3) is 0 Å². The number of pyridine rings is 1. The van der Waals surface area contributed by atoms with Gasteiger partial charge < -0.3 is 9.47 Å². The van der Waals surface area contributed by atoms with Gasteiger partial charge in [-0.3, -0.25) is 9.78 Å². The lowest BCUT2D eigenvalue weighted by Gasteiger charge is -2.16. The topological polar surface area (TPSA) is 38.1 Å². The van der Waals surface area contributed by atoms with Crippen LogP contribution < -0.4 is 0 Å². The van der Waals surface area contributed by atoms with Crippen molar-refractivity contribution in [1.29, 1.82) is 0 Å². The predicted molar refractivity (Wildman–Crippen MR) is 95.7 cm³/mol. The highest BCUT2D eigenvalue weighted by Crippen LogP contribution is 2.24. The SMILES string of the molecule is Cc1cccc(-c2cnc3ccn(CC(=O)N4CCCC4)c3c2)c1. The molecule has 0 bridgehead atoms. The van der Waals surface area contributed by atoms with E-state index < -0.39 is 0 Å². The Kier molecular flexibility index (Phi) is 3.81. The van der Waals surface area contributed by atoms with Gasteiger partial charge in [0.15, 0.2) is 0 Å². The number of rotatable bonds is 3. The van der Waals surface area contributed by atoms with Gasteiger partial charge in [-0.25, -0.2) is 0 Å². The molecule has 24 heavy (non-hydrogen) atoms. The highest BCUT2D eigenvalue weighted by molar-refractivity contribution is 5.84. The van der Waals surface area contributed by atoms with E-state index in [1.165, 1.54) is 5.56 Å². The molecule has 4 heteroatoms. The van der Waals surface area contributed by atoms with Gasteiger partial charge in [0.1, 0.15) is 6.54 Å². The molecule has 4 rings (SSSR count). The Morgan fingerprint density at radius 2 is 1.96 bits per heavy atom. The molecule has 0 radical (unpaired) electrons. The van der Waals surface area contributed by atoms with Crippen LogP contribution in [0.2, 0.25) is 0 Å². The fourth-order valence-corrected chi connectivity index (χ4v) is 3.40. The fourth-order valence-electron chi connectivity index (χ4n) is 3.40. The fraction of sp³-hybridized carbons (Fsp3) is 0.300. The van der Waals surface area contributed by atoms with E-state index in [-0.39, 0.29) is 5.91 Å². The van der Waals surface area contributed by atoms with Crippen LogP contribution in [-0.2, 0) is 11.3 Å². The molecule has 4 nitrogen and oxygen atoms in total. The smallest absolute Gasteiger partial charge is 0.242 e. The van der Waals surface area contributed by atoms with E-state index in [4.69, 9.17) is 0 Å². The summed E-state index contributed by atoms with van der Waals surface area (Å²) in [6.07, 6.45) is 6.11. The Labute approximate surface area is 141 Å². The summed E-state index contributed by atoms with van der Waals surface area (Å²) in [4.78, 5) is 19.0. The van der Waals surface area contributed by atoms with Crippen molar-refractivity contribution in [2.24, 2.45) is 0 Å². The van der Waals surface area contributed by atoms with Crippen LogP contribution in [0.3, 0.4) is 0 Å². The summed E-state index contributed by atoms with van der Waals surface area (Å²) in [5, 5.41) is 0. The zero-order valence-corrected chi connectivity index (χ0v) is 13.9. The third-order valence-electron chi connectivity index (χ3n) is 4.73. The van der Waals surface area contributed by atoms with Gasteiger partial charge in [-0.2, -0.15) is 0 Å². The highest BCUT2D eigenvalue weighted by atomic mass is 16.2. The third-order valence-corrected chi connectivity index (χ3v) is 4.73. The molecule has 1 aliphatic heterocycles. The van der Waals surface area contributed by atoms with Crippen LogP contribution in [0.1, 0.15) is 18.4 Å². The lowest BCUT2D eigenvalue weighted by molar-refractivity contribution is -0.130. The molecule has 1 aromatic carbocycles. The molecular weight excluding hydrogens is 298 g/mol. The second kappa shape index (κ2) is 6.11. The van der Waals surface area contributed by atoms with E-state index in [1.54, 1.807) is 0 Å². The number of aryl methyl sites for hydroxylation is 1. The highest BCUT2D eigenvalue weighted by Gasteiger charge is 2.18. The molecule has 0 N–H and O–H groups in total. The monoisotopic (exact) mass is 319 g/mol. The van der Waals surface area contributed by atoms with Gasteiger partial charge in [0.05, 0.1) is 11.0 Å². The van der Waals surface area contributed by atoms with Gasteiger partial charge in [0.2, 0.25) is 5.91 Å². The molecule has 1 aliphatic rings. The van der Waals surface area contributed by atoms with Crippen molar-refractivity contribution in [2.75, 3.05) is 13.1 Å². The minimum Gasteiger partial charge on any atom is -0.341 e. The predicted octanol–water partition coefficient (Wildman–Crippen LogP) is 3.63.